The number of benzene rings is 2. The number of carbonyl (C=O) groups is 1. The van der Waals surface area contributed by atoms with Crippen molar-refractivity contribution < 1.29 is 14.1 Å². The summed E-state index contributed by atoms with van der Waals surface area (Å²) in [5.74, 6) is -1.35. The highest BCUT2D eigenvalue weighted by Crippen LogP contribution is 2.25. The van der Waals surface area contributed by atoms with E-state index >= 15 is 0 Å². The molecule has 2 aromatic carbocycles. The summed E-state index contributed by atoms with van der Waals surface area (Å²) in [6.45, 7) is 0. The van der Waals surface area contributed by atoms with E-state index in [0.29, 0.717) is 0 Å². The molecule has 0 saturated carbocycles. The van der Waals surface area contributed by atoms with Gasteiger partial charge in [0.25, 0.3) is 11.6 Å². The van der Waals surface area contributed by atoms with Crippen molar-refractivity contribution in [1.29, 1.82) is 0 Å². The van der Waals surface area contributed by atoms with E-state index in [1.54, 1.807) is 0 Å². The van der Waals surface area contributed by atoms with E-state index in [4.69, 9.17) is 23.2 Å². The molecule has 0 heterocycles. The Hall–Kier alpha value is -2.18. The first-order valence-corrected chi connectivity index (χ1v) is 6.34. The van der Waals surface area contributed by atoms with Gasteiger partial charge in [0.05, 0.1) is 9.95 Å². The van der Waals surface area contributed by atoms with E-state index in [0.717, 1.165) is 12.1 Å². The molecule has 21 heavy (non-hydrogen) atoms. The van der Waals surface area contributed by atoms with Crippen LogP contribution in [-0.4, -0.2) is 10.8 Å². The van der Waals surface area contributed by atoms with Crippen LogP contribution in [0.25, 0.3) is 0 Å². The summed E-state index contributed by atoms with van der Waals surface area (Å²) < 4.78 is 13.0. The molecule has 1 N–H and O–H groups in total. The fourth-order valence-corrected chi connectivity index (χ4v) is 1.97. The Morgan fingerprint density at radius 3 is 2.52 bits per heavy atom. The van der Waals surface area contributed by atoms with Crippen LogP contribution in [0.4, 0.5) is 15.8 Å². The largest absolute Gasteiger partial charge is 0.322 e. The maximum Gasteiger partial charge on any atom is 0.283 e. The van der Waals surface area contributed by atoms with Crippen LogP contribution < -0.4 is 5.32 Å². The zero-order chi connectivity index (χ0) is 15.6. The summed E-state index contributed by atoms with van der Waals surface area (Å²) >= 11 is 11.3. The van der Waals surface area contributed by atoms with E-state index in [2.05, 4.69) is 5.32 Å². The number of hydrogen-bond donors (Lipinski definition) is 1. The van der Waals surface area contributed by atoms with Gasteiger partial charge in [-0.25, -0.2) is 4.39 Å². The second-order valence-corrected chi connectivity index (χ2v) is 4.85. The molecule has 0 aliphatic rings. The molecular weight excluding hydrogens is 322 g/mol. The lowest BCUT2D eigenvalue weighted by molar-refractivity contribution is -0.385. The van der Waals surface area contributed by atoms with Gasteiger partial charge in [0.2, 0.25) is 0 Å². The minimum absolute atomic E-state index is 0.142. The van der Waals surface area contributed by atoms with Crippen molar-refractivity contribution in [3.05, 3.63) is 67.9 Å². The summed E-state index contributed by atoms with van der Waals surface area (Å²) in [4.78, 5) is 22.3. The number of amides is 1. The molecule has 0 spiro atoms. The highest BCUT2D eigenvalue weighted by molar-refractivity contribution is 6.31. The van der Waals surface area contributed by atoms with Crippen LogP contribution in [0, 0.1) is 15.9 Å². The highest BCUT2D eigenvalue weighted by atomic mass is 35.5. The maximum atomic E-state index is 13.0. The zero-order valence-corrected chi connectivity index (χ0v) is 11.8. The molecule has 108 valence electrons. The highest BCUT2D eigenvalue weighted by Gasteiger charge is 2.20. The monoisotopic (exact) mass is 328 g/mol. The molecule has 2 rings (SSSR count). The first-order chi connectivity index (χ1) is 9.88. The lowest BCUT2D eigenvalue weighted by Crippen LogP contribution is -2.14. The SMILES string of the molecule is O=C(Nc1ccc(F)c(Cl)c1)c1ccc(Cl)cc1[N+](=O)[O-]. The van der Waals surface area contributed by atoms with Gasteiger partial charge < -0.3 is 5.32 Å². The van der Waals surface area contributed by atoms with Crippen molar-refractivity contribution in [2.24, 2.45) is 0 Å². The molecule has 0 fully saturated rings. The van der Waals surface area contributed by atoms with Gasteiger partial charge in [-0.15, -0.1) is 0 Å². The quantitative estimate of drug-likeness (QED) is 0.674. The average Bonchev–Trinajstić information content (AvgIpc) is 2.42. The molecule has 5 nitrogen and oxygen atoms in total. The Morgan fingerprint density at radius 1 is 1.19 bits per heavy atom. The topological polar surface area (TPSA) is 72.2 Å². The van der Waals surface area contributed by atoms with Gasteiger partial charge in [-0.3, -0.25) is 14.9 Å². The number of hydrogen-bond acceptors (Lipinski definition) is 3. The molecule has 0 atom stereocenters. The van der Waals surface area contributed by atoms with E-state index in [-0.39, 0.29) is 21.3 Å². The lowest BCUT2D eigenvalue weighted by atomic mass is 10.1. The summed E-state index contributed by atoms with van der Waals surface area (Å²) in [6, 6.07) is 7.25. The van der Waals surface area contributed by atoms with Crippen molar-refractivity contribution in [1.82, 2.24) is 0 Å². The molecule has 0 radical (unpaired) electrons. The number of anilines is 1. The van der Waals surface area contributed by atoms with Gasteiger partial charge in [0, 0.05) is 16.8 Å². The number of halogens is 3. The lowest BCUT2D eigenvalue weighted by Gasteiger charge is -2.07. The van der Waals surface area contributed by atoms with Crippen molar-refractivity contribution in [2.45, 2.75) is 0 Å². The third kappa shape index (κ3) is 3.48. The van der Waals surface area contributed by atoms with Crippen LogP contribution >= 0.6 is 23.2 Å². The number of rotatable bonds is 3. The fraction of sp³-hybridized carbons (Fsp3) is 0. The number of carbonyl (C=O) groups excluding carboxylic acids is 1. The molecule has 0 unspecified atom stereocenters. The Labute approximate surface area is 128 Å². The first-order valence-electron chi connectivity index (χ1n) is 5.59. The maximum absolute atomic E-state index is 13.0. The second-order valence-electron chi connectivity index (χ2n) is 4.00. The van der Waals surface area contributed by atoms with Crippen LogP contribution in [-0.2, 0) is 0 Å². The molecule has 1 amide bonds. The second kappa shape index (κ2) is 6.07. The zero-order valence-electron chi connectivity index (χ0n) is 10.3. The molecule has 2 aromatic rings. The first kappa shape index (κ1) is 15.2. The molecule has 0 aliphatic heterocycles. The third-order valence-electron chi connectivity index (χ3n) is 2.58. The van der Waals surface area contributed by atoms with E-state index in [1.807, 2.05) is 0 Å². The number of nitrogens with zero attached hydrogens (tertiary/aromatic N) is 1. The summed E-state index contributed by atoms with van der Waals surface area (Å²) in [6.07, 6.45) is 0. The molecule has 0 aliphatic carbocycles. The molecule has 0 saturated heterocycles. The Balaban J connectivity index is 2.32. The molecular formula is C13H7Cl2FN2O3. The average molecular weight is 329 g/mol. The van der Waals surface area contributed by atoms with Crippen LogP contribution in [0.5, 0.6) is 0 Å². The standard InChI is InChI=1S/C13H7Cl2FN2O3/c14-7-1-3-9(12(5-7)18(20)21)13(19)17-8-2-4-11(16)10(15)6-8/h1-6H,(H,17,19). The van der Waals surface area contributed by atoms with Crippen molar-refractivity contribution in [3.63, 3.8) is 0 Å². The number of nitro benzene ring substituents is 1. The van der Waals surface area contributed by atoms with Crippen LogP contribution in [0.2, 0.25) is 10.0 Å². The minimum atomic E-state index is -0.721. The van der Waals surface area contributed by atoms with Crippen molar-refractivity contribution >= 4 is 40.5 Å². The summed E-state index contributed by atoms with van der Waals surface area (Å²) in [7, 11) is 0. The summed E-state index contributed by atoms with van der Waals surface area (Å²) in [5.41, 5.74) is -0.367. The van der Waals surface area contributed by atoms with Gasteiger partial charge in [-0.05, 0) is 30.3 Å². The van der Waals surface area contributed by atoms with Crippen LogP contribution in [0.3, 0.4) is 0 Å². The predicted molar refractivity (Wildman–Crippen MR) is 77.5 cm³/mol. The minimum Gasteiger partial charge on any atom is -0.322 e. The van der Waals surface area contributed by atoms with Gasteiger partial charge >= 0.3 is 0 Å². The summed E-state index contributed by atoms with van der Waals surface area (Å²) in [5, 5.41) is 13.3. The smallest absolute Gasteiger partial charge is 0.283 e. The van der Waals surface area contributed by atoms with Crippen molar-refractivity contribution in [2.75, 3.05) is 5.32 Å². The predicted octanol–water partition coefficient (Wildman–Crippen LogP) is 4.29. The van der Waals surface area contributed by atoms with E-state index < -0.39 is 22.3 Å². The van der Waals surface area contributed by atoms with Gasteiger partial charge in [-0.1, -0.05) is 23.2 Å². The van der Waals surface area contributed by atoms with Gasteiger partial charge in [0.1, 0.15) is 11.4 Å². The van der Waals surface area contributed by atoms with Gasteiger partial charge in [-0.2, -0.15) is 0 Å². The Bertz CT molecular complexity index is 737. The molecule has 0 bridgehead atoms. The van der Waals surface area contributed by atoms with Crippen molar-refractivity contribution in [3.8, 4) is 0 Å². The number of nitro groups is 1. The van der Waals surface area contributed by atoms with E-state index in [9.17, 15) is 19.3 Å². The normalized spacial score (nSPS) is 10.2. The van der Waals surface area contributed by atoms with E-state index in [1.165, 1.54) is 24.3 Å². The molecule has 8 heteroatoms. The molecule has 0 aromatic heterocycles. The fourth-order valence-electron chi connectivity index (χ4n) is 1.62. The Morgan fingerprint density at radius 2 is 1.90 bits per heavy atom. The van der Waals surface area contributed by atoms with Crippen LogP contribution in [0.15, 0.2) is 36.4 Å². The van der Waals surface area contributed by atoms with Gasteiger partial charge in [0.15, 0.2) is 0 Å². The number of nitrogens with one attached hydrogen (secondary N) is 1. The third-order valence-corrected chi connectivity index (χ3v) is 3.10. The Kier molecular flexibility index (Phi) is 4.40. The van der Waals surface area contributed by atoms with Crippen LogP contribution in [0.1, 0.15) is 10.4 Å².